The first-order valence-electron chi connectivity index (χ1n) is 13.6. The number of likely N-dealkylation sites (tertiary alicyclic amines) is 1. The molecule has 250 valence electrons. The van der Waals surface area contributed by atoms with Crippen molar-refractivity contribution in [3.8, 4) is 0 Å². The highest BCUT2D eigenvalue weighted by molar-refractivity contribution is 7.22. The molecular formula is C27H24F9N5O4S. The molecule has 0 saturated carbocycles. The minimum absolute atomic E-state index is 0.0198. The number of hydrogen-bond acceptors (Lipinski definition) is 9. The molecule has 1 amide bonds. The summed E-state index contributed by atoms with van der Waals surface area (Å²) in [6.45, 7) is 0.859. The molecule has 0 spiro atoms. The number of amides is 1. The van der Waals surface area contributed by atoms with Gasteiger partial charge < -0.3 is 19.4 Å². The first kappa shape index (κ1) is 33.5. The SMILES string of the molecule is CN1CCCC1CCN(Cc1ccc(C2(OC(=O)C(F)(F)F)NOC(=O)N2)c(C(F)(F)F)c1)c1nc2ccc(C(F)(F)F)cc2s1. The Morgan fingerprint density at radius 2 is 1.85 bits per heavy atom. The summed E-state index contributed by atoms with van der Waals surface area (Å²) in [5, 5.41) is 1.89. The van der Waals surface area contributed by atoms with E-state index < -0.39 is 53.1 Å². The van der Waals surface area contributed by atoms with E-state index in [1.54, 1.807) is 15.7 Å². The lowest BCUT2D eigenvalue weighted by Crippen LogP contribution is -2.53. The lowest BCUT2D eigenvalue weighted by atomic mass is 9.98. The van der Waals surface area contributed by atoms with Gasteiger partial charge in [-0.3, -0.25) is 5.32 Å². The molecule has 2 atom stereocenters. The van der Waals surface area contributed by atoms with Crippen molar-refractivity contribution in [3.05, 3.63) is 58.7 Å². The molecule has 19 heteroatoms. The van der Waals surface area contributed by atoms with Gasteiger partial charge in [-0.15, -0.1) is 0 Å². The topological polar surface area (TPSA) is 96.0 Å². The Balaban J connectivity index is 1.52. The molecule has 2 unspecified atom stereocenters. The van der Waals surface area contributed by atoms with Crippen molar-refractivity contribution in [1.82, 2.24) is 20.7 Å². The maximum atomic E-state index is 14.4. The lowest BCUT2D eigenvalue weighted by Gasteiger charge is -2.30. The van der Waals surface area contributed by atoms with Crippen LogP contribution in [0.3, 0.4) is 0 Å². The van der Waals surface area contributed by atoms with Crippen LogP contribution in [-0.2, 0) is 39.1 Å². The number of hydrogen-bond donors (Lipinski definition) is 2. The second-order valence-electron chi connectivity index (χ2n) is 10.7. The molecule has 1 aromatic heterocycles. The number of anilines is 1. The van der Waals surface area contributed by atoms with Crippen LogP contribution < -0.4 is 15.7 Å². The monoisotopic (exact) mass is 685 g/mol. The van der Waals surface area contributed by atoms with Crippen molar-refractivity contribution in [1.29, 1.82) is 0 Å². The number of alkyl halides is 9. The zero-order chi connectivity index (χ0) is 33.7. The molecular weight excluding hydrogens is 661 g/mol. The fraction of sp³-hybridized carbons (Fsp3) is 0.444. The predicted molar refractivity (Wildman–Crippen MR) is 144 cm³/mol. The fourth-order valence-electron chi connectivity index (χ4n) is 5.30. The van der Waals surface area contributed by atoms with E-state index in [1.165, 1.54) is 6.07 Å². The van der Waals surface area contributed by atoms with Gasteiger partial charge in [-0.25, -0.2) is 14.6 Å². The van der Waals surface area contributed by atoms with Crippen LogP contribution in [0.5, 0.6) is 0 Å². The third kappa shape index (κ3) is 7.10. The summed E-state index contributed by atoms with van der Waals surface area (Å²) >= 11 is 0.921. The first-order valence-corrected chi connectivity index (χ1v) is 14.4. The van der Waals surface area contributed by atoms with E-state index in [4.69, 9.17) is 0 Å². The van der Waals surface area contributed by atoms with Crippen LogP contribution in [0.25, 0.3) is 10.2 Å². The minimum Gasteiger partial charge on any atom is -0.411 e. The Bertz CT molecular complexity index is 1630. The smallest absolute Gasteiger partial charge is 0.411 e. The number of hydroxylamine groups is 1. The number of fused-ring (bicyclic) bond motifs is 1. The summed E-state index contributed by atoms with van der Waals surface area (Å²) < 4.78 is 127. The molecule has 2 fully saturated rings. The summed E-state index contributed by atoms with van der Waals surface area (Å²) in [6, 6.07) is 5.59. The second kappa shape index (κ2) is 12.1. The fourth-order valence-corrected chi connectivity index (χ4v) is 6.33. The van der Waals surface area contributed by atoms with Gasteiger partial charge in [0.05, 0.1) is 21.3 Å². The number of nitrogens with zero attached hydrogens (tertiary/aromatic N) is 3. The van der Waals surface area contributed by atoms with Crippen LogP contribution in [0.15, 0.2) is 36.4 Å². The maximum absolute atomic E-state index is 14.4. The van der Waals surface area contributed by atoms with Crippen molar-refractivity contribution in [2.75, 3.05) is 25.0 Å². The number of ether oxygens (including phenoxy) is 1. The predicted octanol–water partition coefficient (Wildman–Crippen LogP) is 6.29. The highest BCUT2D eigenvalue weighted by Gasteiger charge is 2.54. The molecule has 2 aliphatic heterocycles. The van der Waals surface area contributed by atoms with E-state index in [9.17, 15) is 49.1 Å². The van der Waals surface area contributed by atoms with Gasteiger partial charge in [-0.2, -0.15) is 39.5 Å². The molecule has 0 aliphatic carbocycles. The largest absolute Gasteiger partial charge is 0.491 e. The van der Waals surface area contributed by atoms with Gasteiger partial charge in [0.1, 0.15) is 0 Å². The number of rotatable bonds is 8. The van der Waals surface area contributed by atoms with Crippen LogP contribution in [0.2, 0.25) is 0 Å². The summed E-state index contributed by atoms with van der Waals surface area (Å²) in [7, 11) is 1.92. The summed E-state index contributed by atoms with van der Waals surface area (Å²) in [5.41, 5.74) is -1.71. The lowest BCUT2D eigenvalue weighted by molar-refractivity contribution is -0.225. The van der Waals surface area contributed by atoms with E-state index in [1.807, 2.05) is 7.05 Å². The zero-order valence-corrected chi connectivity index (χ0v) is 24.4. The molecule has 3 heterocycles. The molecule has 0 radical (unpaired) electrons. The van der Waals surface area contributed by atoms with Crippen molar-refractivity contribution >= 4 is 38.7 Å². The highest BCUT2D eigenvalue weighted by Crippen LogP contribution is 2.40. The third-order valence-electron chi connectivity index (χ3n) is 7.56. The Morgan fingerprint density at radius 1 is 1.11 bits per heavy atom. The number of halogens is 9. The average Bonchev–Trinajstić information content (AvgIpc) is 3.67. The molecule has 9 nitrogen and oxygen atoms in total. The first-order chi connectivity index (χ1) is 21.4. The molecule has 2 aromatic carbocycles. The van der Waals surface area contributed by atoms with Crippen LogP contribution in [0, 0.1) is 0 Å². The van der Waals surface area contributed by atoms with Crippen molar-refractivity contribution in [2.45, 2.75) is 56.2 Å². The number of carbonyl (C=O) groups is 2. The zero-order valence-electron chi connectivity index (χ0n) is 23.6. The standard InChI is InChI=1S/C27H24F9N5O4S/c1-40-9-2-3-16(40)8-10-41(22-37-19-7-5-15(24(28,29)30)12-20(19)46-22)13-14-4-6-17(18(11-14)25(31,32)33)27(38-23(43)45-39-27)44-21(42)26(34,35)36/h4-7,11-12,16,39H,2-3,8-10,13H2,1H3,(H,38,43). The van der Waals surface area contributed by atoms with Gasteiger partial charge in [0.25, 0.3) is 0 Å². The van der Waals surface area contributed by atoms with Gasteiger partial charge in [0.15, 0.2) is 5.13 Å². The number of aromatic nitrogens is 1. The second-order valence-corrected chi connectivity index (χ2v) is 11.7. The Kier molecular flexibility index (Phi) is 8.80. The van der Waals surface area contributed by atoms with Gasteiger partial charge in [0.2, 0.25) is 0 Å². The van der Waals surface area contributed by atoms with E-state index in [2.05, 4.69) is 19.5 Å². The van der Waals surface area contributed by atoms with Gasteiger partial charge >= 0.3 is 36.4 Å². The average molecular weight is 686 g/mol. The summed E-state index contributed by atoms with van der Waals surface area (Å²) in [4.78, 5) is 35.8. The molecule has 2 aliphatic rings. The van der Waals surface area contributed by atoms with E-state index >= 15 is 0 Å². The quantitative estimate of drug-likeness (QED) is 0.211. The van der Waals surface area contributed by atoms with Crippen molar-refractivity contribution < 1.29 is 58.7 Å². The van der Waals surface area contributed by atoms with E-state index in [0.29, 0.717) is 12.5 Å². The Morgan fingerprint density at radius 3 is 2.43 bits per heavy atom. The summed E-state index contributed by atoms with van der Waals surface area (Å²) in [5.74, 6) is -6.08. The molecule has 5 rings (SSSR count). The van der Waals surface area contributed by atoms with Crippen LogP contribution in [0.4, 0.5) is 49.4 Å². The normalized spacial score (nSPS) is 21.0. The van der Waals surface area contributed by atoms with Crippen LogP contribution in [-0.4, -0.2) is 54.3 Å². The van der Waals surface area contributed by atoms with Crippen molar-refractivity contribution in [3.63, 3.8) is 0 Å². The molecule has 2 N–H and O–H groups in total. The maximum Gasteiger partial charge on any atom is 0.491 e. The van der Waals surface area contributed by atoms with E-state index in [-0.39, 0.29) is 40.0 Å². The highest BCUT2D eigenvalue weighted by atomic mass is 32.1. The Hall–Kier alpha value is -3.84. The summed E-state index contributed by atoms with van der Waals surface area (Å²) in [6.07, 6.45) is -14.6. The molecule has 0 bridgehead atoms. The van der Waals surface area contributed by atoms with Gasteiger partial charge in [0, 0.05) is 24.7 Å². The number of esters is 1. The van der Waals surface area contributed by atoms with Gasteiger partial charge in [-0.05, 0) is 62.7 Å². The number of carbonyl (C=O) groups excluding carboxylic acids is 2. The number of benzene rings is 2. The molecule has 46 heavy (non-hydrogen) atoms. The third-order valence-corrected chi connectivity index (χ3v) is 8.64. The van der Waals surface area contributed by atoms with Crippen LogP contribution >= 0.6 is 11.3 Å². The molecule has 2 saturated heterocycles. The number of nitrogens with one attached hydrogen (secondary N) is 2. The Labute approximate surface area is 258 Å². The number of thiazole rings is 1. The van der Waals surface area contributed by atoms with Crippen LogP contribution in [0.1, 0.15) is 41.5 Å². The molecule has 3 aromatic rings. The minimum atomic E-state index is -5.63. The van der Waals surface area contributed by atoms with E-state index in [0.717, 1.165) is 55.0 Å². The van der Waals surface area contributed by atoms with Gasteiger partial charge in [-0.1, -0.05) is 28.9 Å². The van der Waals surface area contributed by atoms with Crippen molar-refractivity contribution in [2.24, 2.45) is 0 Å².